The highest BCUT2D eigenvalue weighted by molar-refractivity contribution is 5.48. The number of hydrogen-bond donors (Lipinski definition) is 0. The van der Waals surface area contributed by atoms with Gasteiger partial charge >= 0.3 is 12.7 Å². The SMILES string of the molecule is Cc1ccc(OC(F)(F)F)c(C)c1OC(F)(F)F. The summed E-state index contributed by atoms with van der Waals surface area (Å²) in [6.07, 6.45) is -9.96. The van der Waals surface area contributed by atoms with Crippen molar-refractivity contribution in [1.82, 2.24) is 0 Å². The molecule has 1 rings (SSSR count). The zero-order valence-electron chi connectivity index (χ0n) is 9.24. The Hall–Kier alpha value is -1.60. The summed E-state index contributed by atoms with van der Waals surface area (Å²) in [7, 11) is 0. The minimum Gasteiger partial charge on any atom is -0.405 e. The molecule has 0 bridgehead atoms. The molecule has 1 aromatic rings. The molecule has 0 N–H and O–H groups in total. The van der Waals surface area contributed by atoms with Gasteiger partial charge in [0.2, 0.25) is 0 Å². The van der Waals surface area contributed by atoms with Crippen LogP contribution >= 0.6 is 0 Å². The van der Waals surface area contributed by atoms with Gasteiger partial charge in [0.1, 0.15) is 11.5 Å². The highest BCUT2D eigenvalue weighted by atomic mass is 19.4. The van der Waals surface area contributed by atoms with E-state index >= 15 is 0 Å². The van der Waals surface area contributed by atoms with Crippen LogP contribution in [0, 0.1) is 13.8 Å². The molecule has 18 heavy (non-hydrogen) atoms. The van der Waals surface area contributed by atoms with Gasteiger partial charge in [0.15, 0.2) is 0 Å². The van der Waals surface area contributed by atoms with E-state index in [1.54, 1.807) is 0 Å². The summed E-state index contributed by atoms with van der Waals surface area (Å²) >= 11 is 0. The van der Waals surface area contributed by atoms with E-state index in [0.29, 0.717) is 0 Å². The topological polar surface area (TPSA) is 18.5 Å². The molecular formula is C10H8F6O2. The van der Waals surface area contributed by atoms with Gasteiger partial charge in [0.25, 0.3) is 0 Å². The summed E-state index contributed by atoms with van der Waals surface area (Å²) in [6, 6.07) is 1.98. The molecule has 2 nitrogen and oxygen atoms in total. The Morgan fingerprint density at radius 1 is 0.833 bits per heavy atom. The monoisotopic (exact) mass is 274 g/mol. The van der Waals surface area contributed by atoms with Gasteiger partial charge in [-0.3, -0.25) is 0 Å². The minimum atomic E-state index is -4.98. The first-order valence-electron chi connectivity index (χ1n) is 4.61. The van der Waals surface area contributed by atoms with Crippen molar-refractivity contribution in [2.24, 2.45) is 0 Å². The highest BCUT2D eigenvalue weighted by Crippen LogP contribution is 2.36. The maximum absolute atomic E-state index is 12.1. The van der Waals surface area contributed by atoms with Crippen molar-refractivity contribution >= 4 is 0 Å². The predicted molar refractivity (Wildman–Crippen MR) is 49.3 cm³/mol. The summed E-state index contributed by atoms with van der Waals surface area (Å²) in [5.41, 5.74) is -0.316. The summed E-state index contributed by atoms with van der Waals surface area (Å²) in [5.74, 6) is -1.42. The van der Waals surface area contributed by atoms with Crippen molar-refractivity contribution in [3.63, 3.8) is 0 Å². The van der Waals surface area contributed by atoms with Crippen LogP contribution in [0.2, 0.25) is 0 Å². The second kappa shape index (κ2) is 4.58. The van der Waals surface area contributed by atoms with Crippen molar-refractivity contribution in [3.05, 3.63) is 23.3 Å². The Bertz CT molecular complexity index is 435. The van der Waals surface area contributed by atoms with E-state index in [4.69, 9.17) is 0 Å². The molecule has 0 amide bonds. The van der Waals surface area contributed by atoms with Gasteiger partial charge in [-0.1, -0.05) is 6.07 Å². The predicted octanol–water partition coefficient (Wildman–Crippen LogP) is 4.10. The molecule has 0 saturated heterocycles. The van der Waals surface area contributed by atoms with E-state index in [1.807, 2.05) is 0 Å². The molecule has 0 aliphatic rings. The third-order valence-corrected chi connectivity index (χ3v) is 2.00. The lowest BCUT2D eigenvalue weighted by Gasteiger charge is -2.17. The normalized spacial score (nSPS) is 12.4. The van der Waals surface area contributed by atoms with Crippen LogP contribution in [0.5, 0.6) is 11.5 Å². The first-order chi connectivity index (χ1) is 7.99. The number of hydrogen-bond acceptors (Lipinski definition) is 2. The Morgan fingerprint density at radius 2 is 1.33 bits per heavy atom. The van der Waals surface area contributed by atoms with Crippen molar-refractivity contribution in [3.8, 4) is 11.5 Å². The van der Waals surface area contributed by atoms with Crippen LogP contribution in [0.4, 0.5) is 26.3 Å². The van der Waals surface area contributed by atoms with Crippen LogP contribution in [0.15, 0.2) is 12.1 Å². The van der Waals surface area contributed by atoms with Crippen LogP contribution in [0.1, 0.15) is 11.1 Å². The summed E-state index contributed by atoms with van der Waals surface area (Å²) in [4.78, 5) is 0. The van der Waals surface area contributed by atoms with E-state index < -0.39 is 24.2 Å². The van der Waals surface area contributed by atoms with Gasteiger partial charge < -0.3 is 9.47 Å². The molecule has 0 unspecified atom stereocenters. The van der Waals surface area contributed by atoms with Crippen LogP contribution in [-0.4, -0.2) is 12.7 Å². The average molecular weight is 274 g/mol. The van der Waals surface area contributed by atoms with E-state index in [1.165, 1.54) is 6.92 Å². The third kappa shape index (κ3) is 4.01. The van der Waals surface area contributed by atoms with E-state index in [0.717, 1.165) is 19.1 Å². The number of halogens is 6. The smallest absolute Gasteiger partial charge is 0.405 e. The molecule has 102 valence electrons. The van der Waals surface area contributed by atoms with Crippen LogP contribution in [0.25, 0.3) is 0 Å². The molecule has 0 fully saturated rings. The fourth-order valence-corrected chi connectivity index (χ4v) is 1.32. The van der Waals surface area contributed by atoms with Gasteiger partial charge in [-0.25, -0.2) is 0 Å². The lowest BCUT2D eigenvalue weighted by molar-refractivity contribution is -0.277. The molecule has 0 aliphatic carbocycles. The van der Waals surface area contributed by atoms with Gasteiger partial charge in [-0.15, -0.1) is 26.3 Å². The molecule has 0 atom stereocenters. The fourth-order valence-electron chi connectivity index (χ4n) is 1.32. The van der Waals surface area contributed by atoms with Crippen molar-refractivity contribution in [2.45, 2.75) is 26.6 Å². The lowest BCUT2D eigenvalue weighted by atomic mass is 10.1. The quantitative estimate of drug-likeness (QED) is 0.756. The Balaban J connectivity index is 3.15. The number of ether oxygens (including phenoxy) is 2. The van der Waals surface area contributed by atoms with Gasteiger partial charge in [-0.2, -0.15) is 0 Å². The molecule has 1 aromatic carbocycles. The summed E-state index contributed by atoms with van der Waals surface area (Å²) in [6.45, 7) is 2.33. The summed E-state index contributed by atoms with van der Waals surface area (Å²) < 4.78 is 79.5. The van der Waals surface area contributed by atoms with Crippen molar-refractivity contribution < 1.29 is 35.8 Å². The first-order valence-corrected chi connectivity index (χ1v) is 4.61. The minimum absolute atomic E-state index is 0.0550. The molecule has 0 radical (unpaired) electrons. The average Bonchev–Trinajstić information content (AvgIpc) is 2.14. The lowest BCUT2D eigenvalue weighted by Crippen LogP contribution is -2.20. The van der Waals surface area contributed by atoms with Gasteiger partial charge in [0.05, 0.1) is 0 Å². The number of benzene rings is 1. The van der Waals surface area contributed by atoms with Gasteiger partial charge in [0, 0.05) is 5.56 Å². The Kier molecular flexibility index (Phi) is 3.68. The maximum atomic E-state index is 12.1. The van der Waals surface area contributed by atoms with Crippen molar-refractivity contribution in [2.75, 3.05) is 0 Å². The van der Waals surface area contributed by atoms with E-state index in [9.17, 15) is 26.3 Å². The number of alkyl halides is 6. The zero-order valence-corrected chi connectivity index (χ0v) is 9.24. The number of rotatable bonds is 2. The second-order valence-electron chi connectivity index (χ2n) is 3.43. The summed E-state index contributed by atoms with van der Waals surface area (Å²) in [5, 5.41) is 0. The fraction of sp³-hybridized carbons (Fsp3) is 0.400. The molecule has 0 aromatic heterocycles. The van der Waals surface area contributed by atoms with Crippen LogP contribution < -0.4 is 9.47 Å². The van der Waals surface area contributed by atoms with Crippen LogP contribution in [-0.2, 0) is 0 Å². The molecular weight excluding hydrogens is 266 g/mol. The molecule has 0 heterocycles. The standard InChI is InChI=1S/C10H8F6O2/c1-5-3-4-7(17-9(11,12)13)6(2)8(5)18-10(14,15)16/h3-4H,1-2H3. The van der Waals surface area contributed by atoms with Crippen molar-refractivity contribution in [1.29, 1.82) is 0 Å². The first kappa shape index (κ1) is 14.5. The number of aryl methyl sites for hydroxylation is 1. The second-order valence-corrected chi connectivity index (χ2v) is 3.43. The molecule has 0 saturated carbocycles. The Morgan fingerprint density at radius 3 is 1.78 bits per heavy atom. The largest absolute Gasteiger partial charge is 0.573 e. The highest BCUT2D eigenvalue weighted by Gasteiger charge is 2.35. The Labute approximate surface area is 98.1 Å². The third-order valence-electron chi connectivity index (χ3n) is 2.00. The zero-order chi connectivity index (χ0) is 14.1. The maximum Gasteiger partial charge on any atom is 0.573 e. The van der Waals surface area contributed by atoms with Gasteiger partial charge in [-0.05, 0) is 25.5 Å². The molecule has 8 heteroatoms. The van der Waals surface area contributed by atoms with E-state index in [-0.39, 0.29) is 11.1 Å². The van der Waals surface area contributed by atoms with Crippen LogP contribution in [0.3, 0.4) is 0 Å². The molecule has 0 aliphatic heterocycles. The molecule has 0 spiro atoms. The van der Waals surface area contributed by atoms with E-state index in [2.05, 4.69) is 9.47 Å².